The van der Waals surface area contributed by atoms with Crippen LogP contribution in [0.5, 0.6) is 0 Å². The number of halogens is 1. The van der Waals surface area contributed by atoms with E-state index in [1.165, 1.54) is 5.69 Å². The lowest BCUT2D eigenvalue weighted by Gasteiger charge is -2.36. The van der Waals surface area contributed by atoms with Gasteiger partial charge in [-0.15, -0.1) is 0 Å². The van der Waals surface area contributed by atoms with E-state index in [-0.39, 0.29) is 0 Å². The highest BCUT2D eigenvalue weighted by Crippen LogP contribution is 2.22. The van der Waals surface area contributed by atoms with E-state index < -0.39 is 0 Å². The van der Waals surface area contributed by atoms with Crippen molar-refractivity contribution in [3.8, 4) is 6.07 Å². The highest BCUT2D eigenvalue weighted by molar-refractivity contribution is 6.30. The van der Waals surface area contributed by atoms with Crippen molar-refractivity contribution in [2.45, 2.75) is 26.8 Å². The lowest BCUT2D eigenvalue weighted by molar-refractivity contribution is 0.249. The van der Waals surface area contributed by atoms with Crippen LogP contribution >= 0.6 is 11.6 Å². The topological polar surface area (TPSA) is 42.3 Å². The van der Waals surface area contributed by atoms with Crippen molar-refractivity contribution >= 4 is 23.0 Å². The molecule has 1 N–H and O–H groups in total. The van der Waals surface area contributed by atoms with E-state index in [1.807, 2.05) is 24.3 Å². The fraction of sp³-hybridized carbons (Fsp3) is 0.435. The first-order valence-corrected chi connectivity index (χ1v) is 10.4. The summed E-state index contributed by atoms with van der Waals surface area (Å²) < 4.78 is 0. The van der Waals surface area contributed by atoms with Crippen LogP contribution in [0.3, 0.4) is 0 Å². The first-order chi connectivity index (χ1) is 13.5. The Balaban J connectivity index is 1.59. The van der Waals surface area contributed by atoms with Crippen LogP contribution in [0.2, 0.25) is 5.02 Å². The smallest absolute Gasteiger partial charge is 0.0995 e. The second-order valence-corrected chi connectivity index (χ2v) is 8.27. The Morgan fingerprint density at radius 2 is 1.79 bits per heavy atom. The van der Waals surface area contributed by atoms with E-state index in [1.54, 1.807) is 0 Å². The molecule has 0 amide bonds. The Hall–Kier alpha value is -2.22. The number of nitrogens with zero attached hydrogens (tertiary/aromatic N) is 3. The molecule has 0 unspecified atom stereocenters. The molecule has 0 aromatic heterocycles. The summed E-state index contributed by atoms with van der Waals surface area (Å²) in [5, 5.41) is 13.8. The molecule has 0 atom stereocenters. The molecule has 0 spiro atoms. The van der Waals surface area contributed by atoms with Crippen LogP contribution in [0.15, 0.2) is 42.5 Å². The minimum atomic E-state index is 0.683. The molecule has 148 valence electrons. The predicted molar refractivity (Wildman–Crippen MR) is 118 cm³/mol. The number of hydrogen-bond acceptors (Lipinski definition) is 4. The van der Waals surface area contributed by atoms with Gasteiger partial charge in [0.1, 0.15) is 0 Å². The number of piperazine rings is 1. The number of nitriles is 1. The van der Waals surface area contributed by atoms with Gasteiger partial charge in [0.2, 0.25) is 0 Å². The molecule has 0 radical (unpaired) electrons. The van der Waals surface area contributed by atoms with Gasteiger partial charge in [0, 0.05) is 55.7 Å². The minimum Gasteiger partial charge on any atom is -0.385 e. The molecule has 5 heteroatoms. The number of nitrogens with one attached hydrogen (secondary N) is 1. The molecule has 1 aliphatic heterocycles. The van der Waals surface area contributed by atoms with Gasteiger partial charge in [-0.2, -0.15) is 5.26 Å². The fourth-order valence-corrected chi connectivity index (χ4v) is 3.63. The van der Waals surface area contributed by atoms with Gasteiger partial charge in [-0.1, -0.05) is 25.4 Å². The van der Waals surface area contributed by atoms with Crippen molar-refractivity contribution in [1.82, 2.24) is 4.90 Å². The van der Waals surface area contributed by atoms with Crippen LogP contribution in [0, 0.1) is 17.2 Å². The molecule has 0 bridgehead atoms. The molecule has 28 heavy (non-hydrogen) atoms. The van der Waals surface area contributed by atoms with E-state index in [0.717, 1.165) is 67.5 Å². The predicted octanol–water partition coefficient (Wildman–Crippen LogP) is 4.99. The van der Waals surface area contributed by atoms with Crippen molar-refractivity contribution in [1.29, 1.82) is 5.26 Å². The number of hydrogen-bond donors (Lipinski definition) is 1. The summed E-state index contributed by atoms with van der Waals surface area (Å²) in [4.78, 5) is 4.82. The zero-order valence-corrected chi connectivity index (χ0v) is 17.5. The Morgan fingerprint density at radius 3 is 2.43 bits per heavy atom. The summed E-state index contributed by atoms with van der Waals surface area (Å²) in [5.74, 6) is 0.683. The summed E-state index contributed by atoms with van der Waals surface area (Å²) in [6.07, 6.45) is 1.14. The Kier molecular flexibility index (Phi) is 7.19. The van der Waals surface area contributed by atoms with Crippen molar-refractivity contribution in [3.63, 3.8) is 0 Å². The number of rotatable bonds is 7. The van der Waals surface area contributed by atoms with Crippen LogP contribution in [0.1, 0.15) is 31.4 Å². The maximum Gasteiger partial charge on any atom is 0.0995 e. The Labute approximate surface area is 173 Å². The highest BCUT2D eigenvalue weighted by Gasteiger charge is 2.18. The molecule has 2 aromatic rings. The van der Waals surface area contributed by atoms with E-state index >= 15 is 0 Å². The lowest BCUT2D eigenvalue weighted by Crippen LogP contribution is -2.46. The lowest BCUT2D eigenvalue weighted by atomic mass is 10.1. The van der Waals surface area contributed by atoms with E-state index in [2.05, 4.69) is 53.2 Å². The third-order valence-electron chi connectivity index (χ3n) is 5.23. The van der Waals surface area contributed by atoms with Crippen LogP contribution in [-0.2, 0) is 6.54 Å². The average molecular weight is 397 g/mol. The molecule has 1 heterocycles. The monoisotopic (exact) mass is 396 g/mol. The van der Waals surface area contributed by atoms with E-state index in [9.17, 15) is 5.26 Å². The fourth-order valence-electron chi connectivity index (χ4n) is 3.51. The minimum absolute atomic E-state index is 0.683. The SMILES string of the molecule is CC(C)CCNc1ccc(C#N)c(CN2CCN(c3ccc(Cl)cc3)CC2)c1. The van der Waals surface area contributed by atoms with Crippen molar-refractivity contribution in [2.75, 3.05) is 42.9 Å². The van der Waals surface area contributed by atoms with Gasteiger partial charge in [-0.3, -0.25) is 4.90 Å². The zero-order valence-electron chi connectivity index (χ0n) is 16.8. The van der Waals surface area contributed by atoms with Gasteiger partial charge in [0.05, 0.1) is 11.6 Å². The number of anilines is 2. The largest absolute Gasteiger partial charge is 0.385 e. The molecular formula is C23H29ClN4. The maximum atomic E-state index is 9.49. The summed E-state index contributed by atoms with van der Waals surface area (Å²) >= 11 is 5.99. The second-order valence-electron chi connectivity index (χ2n) is 7.83. The quantitative estimate of drug-likeness (QED) is 0.715. The molecule has 2 aromatic carbocycles. The molecular weight excluding hydrogens is 368 g/mol. The second kappa shape index (κ2) is 9.82. The van der Waals surface area contributed by atoms with Crippen LogP contribution in [0.25, 0.3) is 0 Å². The molecule has 1 aliphatic rings. The molecule has 0 aliphatic carbocycles. The van der Waals surface area contributed by atoms with Gasteiger partial charge < -0.3 is 10.2 Å². The molecule has 4 nitrogen and oxygen atoms in total. The summed E-state index contributed by atoms with van der Waals surface area (Å²) in [5.41, 5.74) is 4.21. The average Bonchev–Trinajstić information content (AvgIpc) is 2.69. The zero-order chi connectivity index (χ0) is 19.9. The third-order valence-corrected chi connectivity index (χ3v) is 5.49. The molecule has 0 saturated carbocycles. The summed E-state index contributed by atoms with van der Waals surface area (Å²) in [7, 11) is 0. The van der Waals surface area contributed by atoms with Crippen molar-refractivity contribution in [2.24, 2.45) is 5.92 Å². The summed E-state index contributed by atoms with van der Waals surface area (Å²) in [6, 6.07) is 16.5. The standard InChI is InChI=1S/C23H29ClN4/c1-18(2)9-10-26-22-6-3-19(16-25)20(15-22)17-27-11-13-28(14-12-27)23-7-4-21(24)5-8-23/h3-8,15,18,26H,9-14,17H2,1-2H3. The number of benzene rings is 2. The summed E-state index contributed by atoms with van der Waals surface area (Å²) in [6.45, 7) is 10.2. The molecule has 1 saturated heterocycles. The Bertz CT molecular complexity index is 802. The molecule has 1 fully saturated rings. The van der Waals surface area contributed by atoms with Gasteiger partial charge in [0.25, 0.3) is 0 Å². The van der Waals surface area contributed by atoms with E-state index in [0.29, 0.717) is 5.92 Å². The van der Waals surface area contributed by atoms with Gasteiger partial charge in [-0.05, 0) is 60.4 Å². The first-order valence-electron chi connectivity index (χ1n) is 10.0. The van der Waals surface area contributed by atoms with Crippen molar-refractivity contribution in [3.05, 3.63) is 58.6 Å². The van der Waals surface area contributed by atoms with E-state index in [4.69, 9.17) is 11.6 Å². The highest BCUT2D eigenvalue weighted by atomic mass is 35.5. The Morgan fingerprint density at radius 1 is 1.07 bits per heavy atom. The normalized spacial score (nSPS) is 14.9. The molecule has 3 rings (SSSR count). The van der Waals surface area contributed by atoms with Gasteiger partial charge in [0.15, 0.2) is 0 Å². The first kappa shape index (κ1) is 20.5. The van der Waals surface area contributed by atoms with Crippen molar-refractivity contribution < 1.29 is 0 Å². The third kappa shape index (κ3) is 5.64. The van der Waals surface area contributed by atoms with Crippen LogP contribution in [-0.4, -0.2) is 37.6 Å². The maximum absolute atomic E-state index is 9.49. The van der Waals surface area contributed by atoms with Crippen LogP contribution < -0.4 is 10.2 Å². The van der Waals surface area contributed by atoms with Gasteiger partial charge >= 0.3 is 0 Å². The van der Waals surface area contributed by atoms with Crippen LogP contribution in [0.4, 0.5) is 11.4 Å². The van der Waals surface area contributed by atoms with Gasteiger partial charge in [-0.25, -0.2) is 0 Å².